The Morgan fingerprint density at radius 3 is 2.52 bits per heavy atom. The minimum absolute atomic E-state index is 0.0494. The SMILES string of the molecule is CCNC(c1ccc(OC)cc1)c1cc2ccccc2o1. The van der Waals surface area contributed by atoms with E-state index in [1.807, 2.05) is 30.3 Å². The molecule has 0 saturated carbocycles. The zero-order valence-electron chi connectivity index (χ0n) is 12.3. The van der Waals surface area contributed by atoms with Gasteiger partial charge in [-0.05, 0) is 36.4 Å². The first kappa shape index (κ1) is 13.7. The second kappa shape index (κ2) is 6.02. The lowest BCUT2D eigenvalue weighted by molar-refractivity contribution is 0.414. The van der Waals surface area contributed by atoms with Gasteiger partial charge < -0.3 is 14.5 Å². The third-order valence-electron chi connectivity index (χ3n) is 3.59. The fourth-order valence-electron chi connectivity index (χ4n) is 2.53. The average Bonchev–Trinajstić information content (AvgIpc) is 2.96. The Morgan fingerprint density at radius 2 is 1.86 bits per heavy atom. The van der Waals surface area contributed by atoms with Gasteiger partial charge in [0.2, 0.25) is 0 Å². The molecule has 3 aromatic rings. The average molecular weight is 281 g/mol. The molecular formula is C18H19NO2. The lowest BCUT2D eigenvalue weighted by atomic mass is 10.0. The van der Waals surface area contributed by atoms with Gasteiger partial charge in [0.25, 0.3) is 0 Å². The zero-order valence-corrected chi connectivity index (χ0v) is 12.3. The summed E-state index contributed by atoms with van der Waals surface area (Å²) in [6, 6.07) is 18.3. The molecule has 3 nitrogen and oxygen atoms in total. The monoisotopic (exact) mass is 281 g/mol. The number of nitrogens with one attached hydrogen (secondary N) is 1. The van der Waals surface area contributed by atoms with Gasteiger partial charge >= 0.3 is 0 Å². The van der Waals surface area contributed by atoms with Gasteiger partial charge in [0.1, 0.15) is 17.1 Å². The van der Waals surface area contributed by atoms with Gasteiger partial charge in [-0.3, -0.25) is 0 Å². The molecule has 0 radical (unpaired) electrons. The van der Waals surface area contributed by atoms with Gasteiger partial charge in [0.05, 0.1) is 13.2 Å². The van der Waals surface area contributed by atoms with Crippen molar-refractivity contribution in [2.75, 3.05) is 13.7 Å². The normalized spacial score (nSPS) is 12.5. The number of ether oxygens (including phenoxy) is 1. The topological polar surface area (TPSA) is 34.4 Å². The van der Waals surface area contributed by atoms with E-state index in [2.05, 4.69) is 36.5 Å². The largest absolute Gasteiger partial charge is 0.497 e. The van der Waals surface area contributed by atoms with Gasteiger partial charge in [-0.15, -0.1) is 0 Å². The van der Waals surface area contributed by atoms with E-state index in [9.17, 15) is 0 Å². The van der Waals surface area contributed by atoms with E-state index in [4.69, 9.17) is 9.15 Å². The summed E-state index contributed by atoms with van der Waals surface area (Å²) in [7, 11) is 1.68. The second-order valence-corrected chi connectivity index (χ2v) is 4.95. The van der Waals surface area contributed by atoms with Crippen LogP contribution in [0.4, 0.5) is 0 Å². The lowest BCUT2D eigenvalue weighted by Gasteiger charge is -2.16. The van der Waals surface area contributed by atoms with Gasteiger partial charge in [-0.2, -0.15) is 0 Å². The summed E-state index contributed by atoms with van der Waals surface area (Å²) < 4.78 is 11.2. The van der Waals surface area contributed by atoms with Crippen molar-refractivity contribution < 1.29 is 9.15 Å². The van der Waals surface area contributed by atoms with Crippen molar-refractivity contribution in [2.45, 2.75) is 13.0 Å². The zero-order chi connectivity index (χ0) is 14.7. The van der Waals surface area contributed by atoms with Gasteiger partial charge in [0, 0.05) is 5.39 Å². The van der Waals surface area contributed by atoms with Crippen molar-refractivity contribution in [1.82, 2.24) is 5.32 Å². The number of para-hydroxylation sites is 1. The van der Waals surface area contributed by atoms with Crippen LogP contribution in [0.1, 0.15) is 24.3 Å². The summed E-state index contributed by atoms with van der Waals surface area (Å²) >= 11 is 0. The van der Waals surface area contributed by atoms with Crippen LogP contribution in [0.15, 0.2) is 59.0 Å². The summed E-state index contributed by atoms with van der Waals surface area (Å²) in [6.07, 6.45) is 0. The molecule has 1 unspecified atom stereocenters. The molecule has 0 saturated heterocycles. The number of methoxy groups -OCH3 is 1. The number of rotatable bonds is 5. The molecule has 108 valence electrons. The molecule has 0 amide bonds. The molecule has 0 aliphatic rings. The summed E-state index contributed by atoms with van der Waals surface area (Å²) in [6.45, 7) is 2.97. The van der Waals surface area contributed by atoms with E-state index in [1.54, 1.807) is 7.11 Å². The van der Waals surface area contributed by atoms with E-state index >= 15 is 0 Å². The van der Waals surface area contributed by atoms with Crippen molar-refractivity contribution >= 4 is 11.0 Å². The number of hydrogen-bond donors (Lipinski definition) is 1. The first-order valence-corrected chi connectivity index (χ1v) is 7.17. The maximum absolute atomic E-state index is 6.00. The second-order valence-electron chi connectivity index (χ2n) is 4.95. The van der Waals surface area contributed by atoms with Crippen LogP contribution < -0.4 is 10.1 Å². The van der Waals surface area contributed by atoms with Crippen LogP contribution in [0.3, 0.4) is 0 Å². The molecule has 3 heteroatoms. The standard InChI is InChI=1S/C18H19NO2/c1-3-19-18(13-8-10-15(20-2)11-9-13)17-12-14-6-4-5-7-16(14)21-17/h4-12,18-19H,3H2,1-2H3. The quantitative estimate of drug-likeness (QED) is 0.763. The fraction of sp³-hybridized carbons (Fsp3) is 0.222. The van der Waals surface area contributed by atoms with Crippen molar-refractivity contribution in [3.05, 3.63) is 65.9 Å². The summed E-state index contributed by atoms with van der Waals surface area (Å²) in [5.74, 6) is 1.79. The summed E-state index contributed by atoms with van der Waals surface area (Å²) in [5.41, 5.74) is 2.08. The first-order chi connectivity index (χ1) is 10.3. The molecule has 0 bridgehead atoms. The Morgan fingerprint density at radius 1 is 1.10 bits per heavy atom. The summed E-state index contributed by atoms with van der Waals surface area (Å²) in [5, 5.41) is 4.61. The first-order valence-electron chi connectivity index (χ1n) is 7.17. The molecule has 1 N–H and O–H groups in total. The highest BCUT2D eigenvalue weighted by atomic mass is 16.5. The molecule has 0 aliphatic carbocycles. The molecule has 2 aromatic carbocycles. The molecule has 1 aromatic heterocycles. The number of benzene rings is 2. The molecule has 3 rings (SSSR count). The van der Waals surface area contributed by atoms with Gasteiger partial charge in [-0.25, -0.2) is 0 Å². The van der Waals surface area contributed by atoms with E-state index in [1.165, 1.54) is 0 Å². The van der Waals surface area contributed by atoms with E-state index in [0.29, 0.717) is 0 Å². The van der Waals surface area contributed by atoms with Crippen molar-refractivity contribution in [3.8, 4) is 5.75 Å². The third-order valence-corrected chi connectivity index (χ3v) is 3.59. The predicted molar refractivity (Wildman–Crippen MR) is 84.7 cm³/mol. The number of hydrogen-bond acceptors (Lipinski definition) is 3. The van der Waals surface area contributed by atoms with Crippen LogP contribution in [-0.4, -0.2) is 13.7 Å². The molecule has 0 fully saturated rings. The van der Waals surface area contributed by atoms with Crippen LogP contribution in [0.25, 0.3) is 11.0 Å². The number of fused-ring (bicyclic) bond motifs is 1. The van der Waals surface area contributed by atoms with Crippen molar-refractivity contribution in [2.24, 2.45) is 0 Å². The maximum atomic E-state index is 6.00. The summed E-state index contributed by atoms with van der Waals surface area (Å²) in [4.78, 5) is 0. The molecular weight excluding hydrogens is 262 g/mol. The van der Waals surface area contributed by atoms with E-state index < -0.39 is 0 Å². The van der Waals surface area contributed by atoms with Crippen molar-refractivity contribution in [1.29, 1.82) is 0 Å². The van der Waals surface area contributed by atoms with Crippen LogP contribution in [-0.2, 0) is 0 Å². The smallest absolute Gasteiger partial charge is 0.134 e. The molecule has 0 spiro atoms. The highest BCUT2D eigenvalue weighted by molar-refractivity contribution is 5.78. The highest BCUT2D eigenvalue weighted by Gasteiger charge is 2.17. The predicted octanol–water partition coefficient (Wildman–Crippen LogP) is 4.14. The third kappa shape index (κ3) is 2.78. The lowest BCUT2D eigenvalue weighted by Crippen LogP contribution is -2.21. The molecule has 21 heavy (non-hydrogen) atoms. The highest BCUT2D eigenvalue weighted by Crippen LogP contribution is 2.29. The van der Waals surface area contributed by atoms with Crippen LogP contribution in [0, 0.1) is 0 Å². The van der Waals surface area contributed by atoms with E-state index in [-0.39, 0.29) is 6.04 Å². The minimum Gasteiger partial charge on any atom is -0.497 e. The number of furan rings is 1. The fourth-order valence-corrected chi connectivity index (χ4v) is 2.53. The molecule has 1 atom stereocenters. The van der Waals surface area contributed by atoms with E-state index in [0.717, 1.165) is 34.6 Å². The van der Waals surface area contributed by atoms with Crippen LogP contribution >= 0.6 is 0 Å². The van der Waals surface area contributed by atoms with Gasteiger partial charge in [-0.1, -0.05) is 37.3 Å². The Kier molecular flexibility index (Phi) is 3.93. The van der Waals surface area contributed by atoms with Crippen molar-refractivity contribution in [3.63, 3.8) is 0 Å². The maximum Gasteiger partial charge on any atom is 0.134 e. The van der Waals surface area contributed by atoms with Gasteiger partial charge in [0.15, 0.2) is 0 Å². The molecule has 0 aliphatic heterocycles. The Labute approximate surface area is 124 Å². The molecule has 1 heterocycles. The Hall–Kier alpha value is -2.26. The Bertz CT molecular complexity index is 682. The Balaban J connectivity index is 1.99. The minimum atomic E-state index is 0.0494. The van der Waals surface area contributed by atoms with Crippen LogP contribution in [0.2, 0.25) is 0 Å². The van der Waals surface area contributed by atoms with Crippen LogP contribution in [0.5, 0.6) is 5.75 Å².